The van der Waals surface area contributed by atoms with Crippen molar-refractivity contribution in [3.05, 3.63) is 11.6 Å². The van der Waals surface area contributed by atoms with Crippen molar-refractivity contribution in [3.8, 4) is 0 Å². The highest BCUT2D eigenvalue weighted by molar-refractivity contribution is 6.29. The van der Waals surface area contributed by atoms with Crippen LogP contribution in [0.2, 0.25) is 0 Å². The second-order valence-electron chi connectivity index (χ2n) is 3.57. The molecule has 13 heavy (non-hydrogen) atoms. The van der Waals surface area contributed by atoms with Crippen molar-refractivity contribution < 1.29 is 4.79 Å². The van der Waals surface area contributed by atoms with Crippen LogP contribution >= 0.6 is 11.6 Å². The third kappa shape index (κ3) is 3.12. The van der Waals surface area contributed by atoms with Gasteiger partial charge in [-0.25, -0.2) is 0 Å². The van der Waals surface area contributed by atoms with Gasteiger partial charge in [-0.1, -0.05) is 25.1 Å². The van der Waals surface area contributed by atoms with Crippen LogP contribution in [0.3, 0.4) is 0 Å². The monoisotopic (exact) mass is 201 g/mol. The van der Waals surface area contributed by atoms with Gasteiger partial charge in [-0.3, -0.25) is 9.69 Å². The molecule has 1 atom stereocenters. The molecule has 0 aromatic heterocycles. The lowest BCUT2D eigenvalue weighted by Gasteiger charge is -2.30. The molecule has 0 spiro atoms. The maximum atomic E-state index is 11.4. The Hall–Kier alpha value is -0.340. The number of nitrogens with zero attached hydrogens (tertiary/aromatic N) is 1. The number of hydrogen-bond acceptors (Lipinski definition) is 2. The van der Waals surface area contributed by atoms with Gasteiger partial charge in [-0.05, 0) is 6.42 Å². The Morgan fingerprint density at radius 3 is 3.00 bits per heavy atom. The summed E-state index contributed by atoms with van der Waals surface area (Å²) in [5.41, 5.74) is 0. The van der Waals surface area contributed by atoms with Crippen molar-refractivity contribution in [2.45, 2.75) is 19.8 Å². The normalized spacial score (nSPS) is 24.8. The standard InChI is InChI=1S/C10H16ClNO/c1-3-9-7-12(6-8(2)11)5-4-10(9)13/h9H,2-7H2,1H3. The van der Waals surface area contributed by atoms with Crippen molar-refractivity contribution in [1.82, 2.24) is 4.90 Å². The van der Waals surface area contributed by atoms with E-state index in [2.05, 4.69) is 18.4 Å². The Morgan fingerprint density at radius 1 is 1.77 bits per heavy atom. The number of carbonyl (C=O) groups excluding carboxylic acids is 1. The minimum absolute atomic E-state index is 0.213. The van der Waals surface area contributed by atoms with Crippen molar-refractivity contribution in [3.63, 3.8) is 0 Å². The number of Topliss-reactive ketones (excluding diaryl/α,β-unsaturated/α-hetero) is 1. The van der Waals surface area contributed by atoms with E-state index in [1.807, 2.05) is 0 Å². The Kier molecular flexibility index (Phi) is 3.94. The number of carbonyl (C=O) groups is 1. The predicted molar refractivity (Wildman–Crippen MR) is 54.8 cm³/mol. The molecule has 2 nitrogen and oxygen atoms in total. The molecule has 0 aromatic carbocycles. The van der Waals surface area contributed by atoms with E-state index in [1.54, 1.807) is 0 Å². The molecule has 1 unspecified atom stereocenters. The fraction of sp³-hybridized carbons (Fsp3) is 0.700. The Balaban J connectivity index is 2.44. The summed E-state index contributed by atoms with van der Waals surface area (Å²) in [4.78, 5) is 13.6. The van der Waals surface area contributed by atoms with Crippen molar-refractivity contribution in [2.24, 2.45) is 5.92 Å². The van der Waals surface area contributed by atoms with Gasteiger partial charge in [0.15, 0.2) is 0 Å². The third-order valence-corrected chi connectivity index (χ3v) is 2.62. The lowest BCUT2D eigenvalue weighted by atomic mass is 9.94. The fourth-order valence-corrected chi connectivity index (χ4v) is 1.89. The number of halogens is 1. The fourth-order valence-electron chi connectivity index (χ4n) is 1.72. The molecule has 1 fully saturated rings. The van der Waals surface area contributed by atoms with E-state index >= 15 is 0 Å². The molecule has 0 N–H and O–H groups in total. The maximum absolute atomic E-state index is 11.4. The molecule has 1 aliphatic rings. The molecular formula is C10H16ClNO. The van der Waals surface area contributed by atoms with Crippen LogP contribution in [0.15, 0.2) is 11.6 Å². The second kappa shape index (κ2) is 4.77. The Labute approximate surface area is 84.6 Å². The Bertz CT molecular complexity index is 215. The van der Waals surface area contributed by atoms with E-state index in [4.69, 9.17) is 11.6 Å². The minimum atomic E-state index is 0.213. The summed E-state index contributed by atoms with van der Waals surface area (Å²) >= 11 is 5.72. The lowest BCUT2D eigenvalue weighted by molar-refractivity contribution is -0.126. The third-order valence-electron chi connectivity index (χ3n) is 2.50. The molecule has 1 rings (SSSR count). The molecule has 1 saturated heterocycles. The van der Waals surface area contributed by atoms with Crippen LogP contribution in [0.1, 0.15) is 19.8 Å². The highest BCUT2D eigenvalue weighted by atomic mass is 35.5. The second-order valence-corrected chi connectivity index (χ2v) is 4.11. The van der Waals surface area contributed by atoms with Gasteiger partial charge in [-0.15, -0.1) is 0 Å². The number of rotatable bonds is 3. The minimum Gasteiger partial charge on any atom is -0.299 e. The van der Waals surface area contributed by atoms with Crippen molar-refractivity contribution in [1.29, 1.82) is 0 Å². The van der Waals surface area contributed by atoms with Crippen LogP contribution in [0, 0.1) is 5.92 Å². The van der Waals surface area contributed by atoms with E-state index < -0.39 is 0 Å². The number of hydrogen-bond donors (Lipinski definition) is 0. The number of ketones is 1. The highest BCUT2D eigenvalue weighted by Gasteiger charge is 2.25. The van der Waals surface area contributed by atoms with E-state index in [-0.39, 0.29) is 5.92 Å². The molecule has 1 heterocycles. The van der Waals surface area contributed by atoms with Gasteiger partial charge in [-0.2, -0.15) is 0 Å². The van der Waals surface area contributed by atoms with Gasteiger partial charge in [0.1, 0.15) is 5.78 Å². The van der Waals surface area contributed by atoms with Crippen LogP contribution in [-0.2, 0) is 4.79 Å². The van der Waals surface area contributed by atoms with E-state index in [0.717, 1.165) is 19.5 Å². The van der Waals surface area contributed by atoms with Gasteiger partial charge < -0.3 is 0 Å². The topological polar surface area (TPSA) is 20.3 Å². The van der Waals surface area contributed by atoms with E-state index in [9.17, 15) is 4.79 Å². The summed E-state index contributed by atoms with van der Waals surface area (Å²) in [5, 5.41) is 0.657. The molecule has 74 valence electrons. The quantitative estimate of drug-likeness (QED) is 0.697. The summed E-state index contributed by atoms with van der Waals surface area (Å²) in [7, 11) is 0. The van der Waals surface area contributed by atoms with Crippen LogP contribution in [0.5, 0.6) is 0 Å². The van der Waals surface area contributed by atoms with E-state index in [0.29, 0.717) is 23.8 Å². The largest absolute Gasteiger partial charge is 0.299 e. The molecule has 0 aromatic rings. The summed E-state index contributed by atoms with van der Waals surface area (Å²) in [5.74, 6) is 0.615. The molecule has 0 saturated carbocycles. The molecule has 0 amide bonds. The first kappa shape index (κ1) is 10.7. The Morgan fingerprint density at radius 2 is 2.46 bits per heavy atom. The highest BCUT2D eigenvalue weighted by Crippen LogP contribution is 2.17. The van der Waals surface area contributed by atoms with Crippen LogP contribution < -0.4 is 0 Å². The van der Waals surface area contributed by atoms with Crippen LogP contribution in [-0.4, -0.2) is 30.3 Å². The number of piperidine rings is 1. The molecule has 0 radical (unpaired) electrons. The van der Waals surface area contributed by atoms with Gasteiger partial charge in [0.2, 0.25) is 0 Å². The average Bonchev–Trinajstić information content (AvgIpc) is 2.07. The first-order chi connectivity index (χ1) is 6.13. The summed E-state index contributed by atoms with van der Waals surface area (Å²) < 4.78 is 0. The summed E-state index contributed by atoms with van der Waals surface area (Å²) in [6.07, 6.45) is 1.60. The molecule has 1 aliphatic heterocycles. The lowest BCUT2D eigenvalue weighted by Crippen LogP contribution is -2.40. The zero-order valence-electron chi connectivity index (χ0n) is 8.05. The first-order valence-electron chi connectivity index (χ1n) is 4.71. The average molecular weight is 202 g/mol. The molecular weight excluding hydrogens is 186 g/mol. The van der Waals surface area contributed by atoms with Gasteiger partial charge >= 0.3 is 0 Å². The zero-order valence-corrected chi connectivity index (χ0v) is 8.81. The smallest absolute Gasteiger partial charge is 0.138 e. The van der Waals surface area contributed by atoms with Crippen molar-refractivity contribution >= 4 is 17.4 Å². The van der Waals surface area contributed by atoms with Gasteiger partial charge in [0, 0.05) is 37.0 Å². The molecule has 0 bridgehead atoms. The zero-order chi connectivity index (χ0) is 9.84. The number of likely N-dealkylation sites (tertiary alicyclic amines) is 1. The van der Waals surface area contributed by atoms with Crippen molar-refractivity contribution in [2.75, 3.05) is 19.6 Å². The van der Waals surface area contributed by atoms with E-state index in [1.165, 1.54) is 0 Å². The van der Waals surface area contributed by atoms with Gasteiger partial charge in [0.05, 0.1) is 0 Å². The first-order valence-corrected chi connectivity index (χ1v) is 5.09. The SMILES string of the molecule is C=C(Cl)CN1CCC(=O)C(CC)C1. The maximum Gasteiger partial charge on any atom is 0.138 e. The summed E-state index contributed by atoms with van der Waals surface area (Å²) in [6.45, 7) is 8.11. The molecule has 3 heteroatoms. The van der Waals surface area contributed by atoms with Gasteiger partial charge in [0.25, 0.3) is 0 Å². The molecule has 0 aliphatic carbocycles. The van der Waals surface area contributed by atoms with Crippen LogP contribution in [0.4, 0.5) is 0 Å². The predicted octanol–water partition coefficient (Wildman–Crippen LogP) is 2.04. The van der Waals surface area contributed by atoms with Crippen LogP contribution in [0.25, 0.3) is 0 Å². The summed E-state index contributed by atoms with van der Waals surface area (Å²) in [6, 6.07) is 0.